The average Bonchev–Trinajstić information content (AvgIpc) is 3.07. The number of para-hydroxylation sites is 2. The van der Waals surface area contributed by atoms with E-state index in [1.807, 2.05) is 31.5 Å². The van der Waals surface area contributed by atoms with E-state index in [1.165, 1.54) is 12.1 Å². The Kier molecular flexibility index (Phi) is 8.50. The average molecular weight is 481 g/mol. The van der Waals surface area contributed by atoms with Crippen molar-refractivity contribution in [2.75, 3.05) is 13.1 Å². The lowest BCUT2D eigenvalue weighted by atomic mass is 10.2. The molecule has 1 aromatic heterocycles. The van der Waals surface area contributed by atoms with Gasteiger partial charge in [-0.1, -0.05) is 24.3 Å². The smallest absolute Gasteiger partial charge is 0.191 e. The highest BCUT2D eigenvalue weighted by Gasteiger charge is 2.02. The molecule has 2 N–H and O–H groups in total. The van der Waals surface area contributed by atoms with Gasteiger partial charge in [-0.05, 0) is 43.2 Å². The van der Waals surface area contributed by atoms with Gasteiger partial charge in [0.1, 0.15) is 5.82 Å². The number of nitrogens with zero attached hydrogens (tertiary/aromatic N) is 3. The van der Waals surface area contributed by atoms with Crippen LogP contribution in [0.2, 0.25) is 0 Å². The first-order valence-electron chi connectivity index (χ1n) is 8.93. The molecule has 0 spiro atoms. The molecular weight excluding hydrogens is 456 g/mol. The van der Waals surface area contributed by atoms with Crippen LogP contribution in [0.4, 0.5) is 4.39 Å². The van der Waals surface area contributed by atoms with E-state index < -0.39 is 0 Å². The van der Waals surface area contributed by atoms with Crippen LogP contribution < -0.4 is 10.6 Å². The number of imidazole rings is 1. The monoisotopic (exact) mass is 481 g/mol. The highest BCUT2D eigenvalue weighted by Crippen LogP contribution is 2.11. The van der Waals surface area contributed by atoms with Gasteiger partial charge >= 0.3 is 0 Å². The van der Waals surface area contributed by atoms with Crippen molar-refractivity contribution in [3.63, 3.8) is 0 Å². The molecule has 0 aliphatic rings. The predicted molar refractivity (Wildman–Crippen MR) is 119 cm³/mol. The quantitative estimate of drug-likeness (QED) is 0.233. The van der Waals surface area contributed by atoms with Crippen molar-refractivity contribution in [1.29, 1.82) is 0 Å². The molecule has 27 heavy (non-hydrogen) atoms. The van der Waals surface area contributed by atoms with Gasteiger partial charge in [0.15, 0.2) is 5.96 Å². The normalized spacial score (nSPS) is 11.3. The number of aryl methyl sites for hydroxylation is 1. The van der Waals surface area contributed by atoms with Crippen LogP contribution in [0.15, 0.2) is 59.9 Å². The molecule has 7 heteroatoms. The first-order valence-corrected chi connectivity index (χ1v) is 8.93. The Morgan fingerprint density at radius 2 is 1.89 bits per heavy atom. The van der Waals surface area contributed by atoms with E-state index in [-0.39, 0.29) is 29.8 Å². The zero-order valence-electron chi connectivity index (χ0n) is 15.4. The van der Waals surface area contributed by atoms with Gasteiger partial charge < -0.3 is 15.2 Å². The molecule has 0 aliphatic carbocycles. The number of fused-ring (bicyclic) bond motifs is 1. The molecule has 3 aromatic rings. The van der Waals surface area contributed by atoms with Gasteiger partial charge in [-0.15, -0.1) is 24.0 Å². The lowest BCUT2D eigenvalue weighted by Gasteiger charge is -2.11. The van der Waals surface area contributed by atoms with Gasteiger partial charge in [0, 0.05) is 19.6 Å². The third-order valence-electron chi connectivity index (χ3n) is 4.07. The second-order valence-corrected chi connectivity index (χ2v) is 6.03. The predicted octanol–water partition coefficient (Wildman–Crippen LogP) is 3.94. The van der Waals surface area contributed by atoms with E-state index in [2.05, 4.69) is 31.2 Å². The molecule has 144 valence electrons. The fourth-order valence-electron chi connectivity index (χ4n) is 2.75. The van der Waals surface area contributed by atoms with Crippen molar-refractivity contribution in [1.82, 2.24) is 20.2 Å². The molecule has 0 atom stereocenters. The summed E-state index contributed by atoms with van der Waals surface area (Å²) in [5.41, 5.74) is 3.16. The second-order valence-electron chi connectivity index (χ2n) is 6.03. The van der Waals surface area contributed by atoms with Crippen LogP contribution in [0, 0.1) is 5.82 Å². The summed E-state index contributed by atoms with van der Waals surface area (Å²) in [5.74, 6) is 0.544. The SMILES string of the molecule is CCNC(=NCc1ccc(F)cc1)NCCCn1cnc2ccccc21.I. The summed E-state index contributed by atoms with van der Waals surface area (Å²) < 4.78 is 15.1. The maximum absolute atomic E-state index is 13.0. The van der Waals surface area contributed by atoms with Crippen molar-refractivity contribution in [3.8, 4) is 0 Å². The minimum atomic E-state index is -0.227. The topological polar surface area (TPSA) is 54.2 Å². The molecule has 0 radical (unpaired) electrons. The second kappa shape index (κ2) is 10.9. The molecule has 1 heterocycles. The van der Waals surface area contributed by atoms with Crippen LogP contribution >= 0.6 is 24.0 Å². The third kappa shape index (κ3) is 6.20. The van der Waals surface area contributed by atoms with Crippen molar-refractivity contribution >= 4 is 41.0 Å². The van der Waals surface area contributed by atoms with Crippen molar-refractivity contribution in [3.05, 3.63) is 66.2 Å². The number of halogens is 2. The fraction of sp³-hybridized carbons (Fsp3) is 0.300. The van der Waals surface area contributed by atoms with E-state index in [0.717, 1.165) is 48.6 Å². The number of guanidine groups is 1. The first kappa shape index (κ1) is 21.1. The molecule has 0 unspecified atom stereocenters. The summed E-state index contributed by atoms with van der Waals surface area (Å²) in [6.07, 6.45) is 2.85. The third-order valence-corrected chi connectivity index (χ3v) is 4.07. The minimum absolute atomic E-state index is 0. The van der Waals surface area contributed by atoms with E-state index in [0.29, 0.717) is 6.54 Å². The van der Waals surface area contributed by atoms with Crippen LogP contribution in [-0.2, 0) is 13.1 Å². The Balaban J connectivity index is 0.00000261. The largest absolute Gasteiger partial charge is 0.357 e. The highest BCUT2D eigenvalue weighted by molar-refractivity contribution is 14.0. The molecule has 0 bridgehead atoms. The van der Waals surface area contributed by atoms with Crippen LogP contribution in [0.1, 0.15) is 18.9 Å². The Labute approximate surface area is 176 Å². The van der Waals surface area contributed by atoms with E-state index in [4.69, 9.17) is 0 Å². The van der Waals surface area contributed by atoms with E-state index in [1.54, 1.807) is 12.1 Å². The zero-order chi connectivity index (χ0) is 18.2. The molecule has 0 fully saturated rings. The summed E-state index contributed by atoms with van der Waals surface area (Å²) in [4.78, 5) is 8.96. The number of nitrogens with one attached hydrogen (secondary N) is 2. The number of hydrogen-bond acceptors (Lipinski definition) is 2. The zero-order valence-corrected chi connectivity index (χ0v) is 17.7. The minimum Gasteiger partial charge on any atom is -0.357 e. The van der Waals surface area contributed by atoms with Gasteiger partial charge in [-0.25, -0.2) is 14.4 Å². The summed E-state index contributed by atoms with van der Waals surface area (Å²) >= 11 is 0. The van der Waals surface area contributed by atoms with Gasteiger partial charge in [-0.3, -0.25) is 0 Å². The molecular formula is C20H25FIN5. The first-order chi connectivity index (χ1) is 12.8. The number of rotatable bonds is 7. The van der Waals surface area contributed by atoms with Crippen molar-refractivity contribution < 1.29 is 4.39 Å². The number of aliphatic imine (C=N–C) groups is 1. The molecule has 5 nitrogen and oxygen atoms in total. The van der Waals surface area contributed by atoms with Crippen LogP contribution in [0.3, 0.4) is 0 Å². The highest BCUT2D eigenvalue weighted by atomic mass is 127. The maximum atomic E-state index is 13.0. The number of hydrogen-bond donors (Lipinski definition) is 2. The summed E-state index contributed by atoms with van der Waals surface area (Å²) in [7, 11) is 0. The summed E-state index contributed by atoms with van der Waals surface area (Å²) in [5, 5.41) is 6.58. The summed E-state index contributed by atoms with van der Waals surface area (Å²) in [6, 6.07) is 14.6. The molecule has 0 aliphatic heterocycles. The lowest BCUT2D eigenvalue weighted by molar-refractivity contribution is 0.627. The Morgan fingerprint density at radius 1 is 1.11 bits per heavy atom. The molecule has 3 rings (SSSR count). The van der Waals surface area contributed by atoms with Gasteiger partial charge in [-0.2, -0.15) is 0 Å². The Morgan fingerprint density at radius 3 is 2.67 bits per heavy atom. The van der Waals surface area contributed by atoms with Crippen molar-refractivity contribution in [2.24, 2.45) is 4.99 Å². The summed E-state index contributed by atoms with van der Waals surface area (Å²) in [6.45, 7) is 5.04. The van der Waals surface area contributed by atoms with Gasteiger partial charge in [0.2, 0.25) is 0 Å². The standard InChI is InChI=1S/C20H24FN5.HI/c1-2-22-20(24-14-16-8-10-17(21)11-9-16)23-12-5-13-26-15-25-18-6-3-4-7-19(18)26;/h3-4,6-11,15H,2,5,12-14H2,1H3,(H2,22,23,24);1H. The number of benzene rings is 2. The van der Waals surface area contributed by atoms with Gasteiger partial charge in [0.05, 0.1) is 23.9 Å². The Bertz CT molecular complexity index is 860. The number of aromatic nitrogens is 2. The van der Waals surface area contributed by atoms with E-state index >= 15 is 0 Å². The Hall–Kier alpha value is -2.16. The maximum Gasteiger partial charge on any atom is 0.191 e. The lowest BCUT2D eigenvalue weighted by Crippen LogP contribution is -2.38. The van der Waals surface area contributed by atoms with Crippen LogP contribution in [0.5, 0.6) is 0 Å². The molecule has 0 saturated heterocycles. The fourth-order valence-corrected chi connectivity index (χ4v) is 2.75. The molecule has 2 aromatic carbocycles. The van der Waals surface area contributed by atoms with E-state index in [9.17, 15) is 4.39 Å². The van der Waals surface area contributed by atoms with Gasteiger partial charge in [0.25, 0.3) is 0 Å². The van der Waals surface area contributed by atoms with Crippen LogP contribution in [-0.4, -0.2) is 28.6 Å². The molecule has 0 amide bonds. The van der Waals surface area contributed by atoms with Crippen molar-refractivity contribution in [2.45, 2.75) is 26.4 Å². The van der Waals surface area contributed by atoms with Crippen LogP contribution in [0.25, 0.3) is 11.0 Å². The molecule has 0 saturated carbocycles.